The molecule has 0 saturated carbocycles. The average molecular weight is 476 g/mol. The van der Waals surface area contributed by atoms with Crippen LogP contribution in [-0.4, -0.2) is 46.2 Å². The molecule has 0 atom stereocenters. The van der Waals surface area contributed by atoms with Crippen molar-refractivity contribution in [3.05, 3.63) is 77.3 Å². The van der Waals surface area contributed by atoms with Crippen LogP contribution >= 0.6 is 11.3 Å². The maximum atomic E-state index is 15.0. The molecule has 4 heterocycles. The van der Waals surface area contributed by atoms with Gasteiger partial charge in [-0.05, 0) is 41.3 Å². The van der Waals surface area contributed by atoms with Gasteiger partial charge in [0.25, 0.3) is 0 Å². The molecule has 6 rings (SSSR count). The van der Waals surface area contributed by atoms with E-state index < -0.39 is 11.6 Å². The first-order chi connectivity index (χ1) is 16.7. The lowest BCUT2D eigenvalue weighted by molar-refractivity contribution is 0.122. The molecule has 0 spiro atoms. The molecule has 3 aromatic heterocycles. The second-order valence-corrected chi connectivity index (χ2v) is 8.98. The molecule has 5 aromatic rings. The second kappa shape index (κ2) is 8.66. The lowest BCUT2D eigenvalue weighted by Gasteiger charge is -2.29. The third-order valence-electron chi connectivity index (χ3n) is 6.09. The molecular formula is C25H19F2N5OS. The number of rotatable bonds is 4. The first-order valence-corrected chi connectivity index (χ1v) is 11.8. The number of thiophene rings is 1. The van der Waals surface area contributed by atoms with Crippen LogP contribution in [0.3, 0.4) is 0 Å². The second-order valence-electron chi connectivity index (χ2n) is 8.08. The van der Waals surface area contributed by atoms with Crippen LogP contribution in [0.15, 0.2) is 54.4 Å². The van der Waals surface area contributed by atoms with Crippen LogP contribution < -0.4 is 4.90 Å². The van der Waals surface area contributed by atoms with Crippen molar-refractivity contribution in [1.82, 2.24) is 19.9 Å². The first kappa shape index (κ1) is 21.0. The number of nitrogens with zero attached hydrogens (tertiary/aromatic N) is 5. The Morgan fingerprint density at radius 3 is 2.62 bits per heavy atom. The molecule has 1 aliphatic rings. The Balaban J connectivity index is 1.42. The number of aromatic nitrogens is 4. The monoisotopic (exact) mass is 475 g/mol. The van der Waals surface area contributed by atoms with E-state index in [2.05, 4.69) is 24.8 Å². The largest absolute Gasteiger partial charge is 0.378 e. The zero-order valence-electron chi connectivity index (χ0n) is 18.0. The van der Waals surface area contributed by atoms with E-state index in [1.165, 1.54) is 30.1 Å². The maximum absolute atomic E-state index is 15.0. The molecule has 0 amide bonds. The zero-order chi connectivity index (χ0) is 23.1. The standard InChI is InChI=1S/C25H19F2N5OS/c26-20-12-21(27)19(9-15(20)10-22-18-3-8-34-25(18)31-14-29-22)24-17-2-1-16(11-23(17)28-13-30-24)32-4-6-33-7-5-32/h1-3,8-9,11-14H,4-7,10H2. The predicted molar refractivity (Wildman–Crippen MR) is 128 cm³/mol. The van der Waals surface area contributed by atoms with Crippen LogP contribution in [0.5, 0.6) is 0 Å². The van der Waals surface area contributed by atoms with Gasteiger partial charge < -0.3 is 9.64 Å². The number of hydrogen-bond donors (Lipinski definition) is 0. The van der Waals surface area contributed by atoms with Crippen molar-refractivity contribution in [2.75, 3.05) is 31.2 Å². The number of benzene rings is 2. The number of ether oxygens (including phenoxy) is 1. The Hall–Kier alpha value is -3.56. The number of halogens is 2. The van der Waals surface area contributed by atoms with Crippen molar-refractivity contribution < 1.29 is 13.5 Å². The third-order valence-corrected chi connectivity index (χ3v) is 6.91. The van der Waals surface area contributed by atoms with E-state index in [4.69, 9.17) is 4.74 Å². The van der Waals surface area contributed by atoms with Crippen LogP contribution in [0.1, 0.15) is 11.3 Å². The number of anilines is 1. The summed E-state index contributed by atoms with van der Waals surface area (Å²) in [6.07, 6.45) is 3.11. The van der Waals surface area contributed by atoms with Gasteiger partial charge in [0.15, 0.2) is 0 Å². The van der Waals surface area contributed by atoms with Crippen molar-refractivity contribution in [3.63, 3.8) is 0 Å². The summed E-state index contributed by atoms with van der Waals surface area (Å²) < 4.78 is 35.2. The number of morpholine rings is 1. The molecule has 1 fully saturated rings. The van der Waals surface area contributed by atoms with Gasteiger partial charge in [-0.1, -0.05) is 0 Å². The van der Waals surface area contributed by atoms with E-state index in [1.54, 1.807) is 0 Å². The van der Waals surface area contributed by atoms with Crippen molar-refractivity contribution in [2.24, 2.45) is 0 Å². The summed E-state index contributed by atoms with van der Waals surface area (Å²) in [4.78, 5) is 20.4. The Kier molecular flexibility index (Phi) is 5.35. The van der Waals surface area contributed by atoms with Crippen LogP contribution in [-0.2, 0) is 11.2 Å². The lowest BCUT2D eigenvalue weighted by Crippen LogP contribution is -2.36. The van der Waals surface area contributed by atoms with Gasteiger partial charge in [-0.25, -0.2) is 28.7 Å². The van der Waals surface area contributed by atoms with Crippen molar-refractivity contribution in [3.8, 4) is 11.3 Å². The van der Waals surface area contributed by atoms with E-state index in [-0.39, 0.29) is 12.0 Å². The van der Waals surface area contributed by atoms with Gasteiger partial charge in [-0.3, -0.25) is 0 Å². The minimum Gasteiger partial charge on any atom is -0.378 e. The first-order valence-electron chi connectivity index (χ1n) is 10.9. The van der Waals surface area contributed by atoms with Gasteiger partial charge in [-0.15, -0.1) is 11.3 Å². The summed E-state index contributed by atoms with van der Waals surface area (Å²) in [5.74, 6) is -1.28. The smallest absolute Gasteiger partial charge is 0.135 e. The summed E-state index contributed by atoms with van der Waals surface area (Å²) in [6, 6.07) is 10.2. The van der Waals surface area contributed by atoms with Crippen molar-refractivity contribution >= 4 is 38.1 Å². The molecule has 1 saturated heterocycles. The molecule has 9 heteroatoms. The molecule has 0 unspecified atom stereocenters. The molecule has 34 heavy (non-hydrogen) atoms. The quantitative estimate of drug-likeness (QED) is 0.364. The van der Waals surface area contributed by atoms with Gasteiger partial charge in [0, 0.05) is 47.6 Å². The van der Waals surface area contributed by atoms with Gasteiger partial charge in [0.05, 0.1) is 30.1 Å². The molecule has 1 aliphatic heterocycles. The molecule has 0 aliphatic carbocycles. The topological polar surface area (TPSA) is 64.0 Å². The van der Waals surface area contributed by atoms with E-state index in [0.29, 0.717) is 41.1 Å². The highest BCUT2D eigenvalue weighted by Crippen LogP contribution is 2.32. The third kappa shape index (κ3) is 3.76. The summed E-state index contributed by atoms with van der Waals surface area (Å²) >= 11 is 1.50. The predicted octanol–water partition coefficient (Wildman–Crippen LogP) is 5.01. The van der Waals surface area contributed by atoms with Gasteiger partial charge in [-0.2, -0.15) is 0 Å². The van der Waals surface area contributed by atoms with Gasteiger partial charge >= 0.3 is 0 Å². The Morgan fingerprint density at radius 2 is 1.74 bits per heavy atom. The minimum atomic E-state index is -0.665. The highest BCUT2D eigenvalue weighted by atomic mass is 32.1. The molecule has 170 valence electrons. The van der Waals surface area contributed by atoms with Gasteiger partial charge in [0.2, 0.25) is 0 Å². The fourth-order valence-corrected chi connectivity index (χ4v) is 5.11. The van der Waals surface area contributed by atoms with Crippen LogP contribution in [0.4, 0.5) is 14.5 Å². The Labute approximate surface area is 197 Å². The molecule has 0 N–H and O–H groups in total. The SMILES string of the molecule is Fc1cc(F)c(-c2ncnc3cc(N4CCOCC4)ccc23)cc1Cc1ncnc2sccc12. The van der Waals surface area contributed by atoms with E-state index in [9.17, 15) is 4.39 Å². The van der Waals surface area contributed by atoms with Gasteiger partial charge in [0.1, 0.15) is 29.1 Å². The van der Waals surface area contributed by atoms with Crippen LogP contribution in [0.25, 0.3) is 32.4 Å². The highest BCUT2D eigenvalue weighted by Gasteiger charge is 2.18. The molecule has 2 aromatic carbocycles. The number of fused-ring (bicyclic) bond motifs is 2. The average Bonchev–Trinajstić information content (AvgIpc) is 3.36. The van der Waals surface area contributed by atoms with Crippen molar-refractivity contribution in [2.45, 2.75) is 6.42 Å². The Bertz CT molecular complexity index is 1520. The fourth-order valence-electron chi connectivity index (χ4n) is 4.35. The van der Waals surface area contributed by atoms with E-state index >= 15 is 4.39 Å². The molecule has 6 nitrogen and oxygen atoms in total. The maximum Gasteiger partial charge on any atom is 0.135 e. The molecule has 0 radical (unpaired) electrons. The lowest BCUT2D eigenvalue weighted by atomic mass is 9.99. The molecule has 0 bridgehead atoms. The normalized spacial score (nSPS) is 14.2. The number of hydrogen-bond acceptors (Lipinski definition) is 7. The zero-order valence-corrected chi connectivity index (χ0v) is 18.9. The van der Waals surface area contributed by atoms with Crippen LogP contribution in [0, 0.1) is 11.6 Å². The summed E-state index contributed by atoms with van der Waals surface area (Å²) in [5.41, 5.74) is 3.45. The highest BCUT2D eigenvalue weighted by molar-refractivity contribution is 7.16. The minimum absolute atomic E-state index is 0.221. The molecular weight excluding hydrogens is 456 g/mol. The van der Waals surface area contributed by atoms with E-state index in [1.807, 2.05) is 29.6 Å². The Morgan fingerprint density at radius 1 is 0.882 bits per heavy atom. The van der Waals surface area contributed by atoms with Crippen molar-refractivity contribution in [1.29, 1.82) is 0 Å². The van der Waals surface area contributed by atoms with Crippen LogP contribution in [0.2, 0.25) is 0 Å². The summed E-state index contributed by atoms with van der Waals surface area (Å²) in [6.45, 7) is 2.97. The summed E-state index contributed by atoms with van der Waals surface area (Å²) in [5, 5.41) is 3.51. The van der Waals surface area contributed by atoms with E-state index in [0.717, 1.165) is 35.1 Å². The summed E-state index contributed by atoms with van der Waals surface area (Å²) in [7, 11) is 0. The fraction of sp³-hybridized carbons (Fsp3) is 0.200.